The van der Waals surface area contributed by atoms with Crippen molar-refractivity contribution in [1.82, 2.24) is 10.1 Å². The summed E-state index contributed by atoms with van der Waals surface area (Å²) in [6.07, 6.45) is -0.585. The van der Waals surface area contributed by atoms with Gasteiger partial charge in [-0.1, -0.05) is 17.3 Å². The molecule has 1 heterocycles. The number of aliphatic hydroxyl groups excluding tert-OH is 1. The number of hydrogen-bond acceptors (Lipinski definition) is 5. The number of nitrogens with one attached hydrogen (secondary N) is 1. The highest BCUT2D eigenvalue weighted by Crippen LogP contribution is 2.20. The lowest BCUT2D eigenvalue weighted by molar-refractivity contribution is 0.211. The molecule has 0 saturated carbocycles. The first kappa shape index (κ1) is 14.1. The van der Waals surface area contributed by atoms with Gasteiger partial charge in [0.05, 0.1) is 12.0 Å². The maximum Gasteiger partial charge on any atom is 0.241 e. The minimum atomic E-state index is -0.585. The second-order valence-electron chi connectivity index (χ2n) is 3.92. The number of halogens is 2. The lowest BCUT2D eigenvalue weighted by Crippen LogP contribution is -2.20. The number of aliphatic hydroxyl groups is 1. The van der Waals surface area contributed by atoms with Crippen LogP contribution in [0.1, 0.15) is 5.89 Å². The van der Waals surface area contributed by atoms with Crippen molar-refractivity contribution in [1.29, 1.82) is 0 Å². The smallest absolute Gasteiger partial charge is 0.241 e. The lowest BCUT2D eigenvalue weighted by Gasteiger charge is -2.10. The van der Waals surface area contributed by atoms with Crippen molar-refractivity contribution in [2.75, 3.05) is 17.7 Å². The zero-order valence-electron chi connectivity index (χ0n) is 10.0. The first-order valence-corrected chi connectivity index (χ1v) is 6.76. The van der Waals surface area contributed by atoms with Gasteiger partial charge in [-0.2, -0.15) is 4.98 Å². The van der Waals surface area contributed by atoms with E-state index in [4.69, 9.17) is 27.7 Å². The summed E-state index contributed by atoms with van der Waals surface area (Å²) in [5, 5.41) is 16.3. The maximum atomic E-state index is 9.39. The largest absolute Gasteiger partial charge is 0.390 e. The molecule has 102 valence electrons. The third-order valence-corrected chi connectivity index (χ3v) is 3.01. The summed E-state index contributed by atoms with van der Waals surface area (Å²) >= 11 is 11.1. The monoisotopic (exact) mass is 301 g/mol. The molecular formula is C12H13Cl2N3O2. The predicted octanol–water partition coefficient (Wildman–Crippen LogP) is 2.49. The number of hydrogen-bond donors (Lipinski definition) is 2. The van der Waals surface area contributed by atoms with Crippen molar-refractivity contribution in [2.45, 2.75) is 12.0 Å². The molecule has 1 unspecified atom stereocenters. The highest BCUT2D eigenvalue weighted by atomic mass is 35.5. The summed E-state index contributed by atoms with van der Waals surface area (Å²) < 4.78 is 4.95. The second kappa shape index (κ2) is 6.75. The molecule has 0 aliphatic rings. The van der Waals surface area contributed by atoms with Crippen LogP contribution in [0.3, 0.4) is 0 Å². The Hall–Kier alpha value is -1.30. The Morgan fingerprint density at radius 3 is 2.89 bits per heavy atom. The van der Waals surface area contributed by atoms with Crippen molar-refractivity contribution in [3.8, 4) is 11.4 Å². The Kier molecular flexibility index (Phi) is 5.01. The molecule has 1 aromatic carbocycles. The molecule has 5 nitrogen and oxygen atoms in total. The van der Waals surface area contributed by atoms with Crippen LogP contribution in [0.5, 0.6) is 0 Å². The standard InChI is InChI=1S/C12H13Cl2N3O2/c13-5-10(18)7-15-9-3-1-2-8(4-9)12-16-11(6-14)19-17-12/h1-4,10,15,18H,5-7H2. The molecule has 19 heavy (non-hydrogen) atoms. The molecule has 2 N–H and O–H groups in total. The van der Waals surface area contributed by atoms with E-state index in [-0.39, 0.29) is 11.8 Å². The van der Waals surface area contributed by atoms with Crippen LogP contribution in [0.25, 0.3) is 11.4 Å². The predicted molar refractivity (Wildman–Crippen MR) is 74.5 cm³/mol. The van der Waals surface area contributed by atoms with E-state index in [0.717, 1.165) is 11.3 Å². The van der Waals surface area contributed by atoms with Crippen LogP contribution in [0.15, 0.2) is 28.8 Å². The third kappa shape index (κ3) is 3.83. The van der Waals surface area contributed by atoms with Gasteiger partial charge in [0.1, 0.15) is 5.88 Å². The molecule has 0 bridgehead atoms. The minimum Gasteiger partial charge on any atom is -0.390 e. The van der Waals surface area contributed by atoms with Crippen LogP contribution in [0, 0.1) is 0 Å². The first-order chi connectivity index (χ1) is 9.22. The number of anilines is 1. The van der Waals surface area contributed by atoms with Crippen LogP contribution in [0.2, 0.25) is 0 Å². The fraction of sp³-hybridized carbons (Fsp3) is 0.333. The van der Waals surface area contributed by atoms with Gasteiger partial charge in [-0.25, -0.2) is 0 Å². The van der Waals surface area contributed by atoms with E-state index < -0.39 is 6.10 Å². The Balaban J connectivity index is 2.10. The quantitative estimate of drug-likeness (QED) is 0.802. The first-order valence-electron chi connectivity index (χ1n) is 5.70. The van der Waals surface area contributed by atoms with E-state index in [2.05, 4.69) is 15.5 Å². The van der Waals surface area contributed by atoms with Gasteiger partial charge < -0.3 is 14.9 Å². The highest BCUT2D eigenvalue weighted by molar-refractivity contribution is 6.18. The molecule has 1 atom stereocenters. The summed E-state index contributed by atoms with van der Waals surface area (Å²) in [5.74, 6) is 1.24. The van der Waals surface area contributed by atoms with Crippen LogP contribution < -0.4 is 5.32 Å². The second-order valence-corrected chi connectivity index (χ2v) is 4.49. The van der Waals surface area contributed by atoms with Crippen LogP contribution in [-0.4, -0.2) is 33.8 Å². The van der Waals surface area contributed by atoms with Crippen molar-refractivity contribution >= 4 is 28.9 Å². The summed E-state index contributed by atoms with van der Waals surface area (Å²) in [7, 11) is 0. The molecule has 0 amide bonds. The van der Waals surface area contributed by atoms with Crippen molar-refractivity contribution < 1.29 is 9.63 Å². The zero-order chi connectivity index (χ0) is 13.7. The van der Waals surface area contributed by atoms with Gasteiger partial charge >= 0.3 is 0 Å². The summed E-state index contributed by atoms with van der Waals surface area (Å²) in [6.45, 7) is 0.381. The molecule has 0 saturated heterocycles. The minimum absolute atomic E-state index is 0.187. The van der Waals surface area contributed by atoms with Gasteiger partial charge in [-0.15, -0.1) is 23.2 Å². The maximum absolute atomic E-state index is 9.39. The average Bonchev–Trinajstić information content (AvgIpc) is 2.94. The van der Waals surface area contributed by atoms with Gasteiger partial charge in [0, 0.05) is 17.8 Å². The Labute approximate surface area is 120 Å². The molecule has 0 spiro atoms. The van der Waals surface area contributed by atoms with E-state index in [1.165, 1.54) is 0 Å². The number of nitrogens with zero attached hydrogens (tertiary/aromatic N) is 2. The van der Waals surface area contributed by atoms with E-state index in [1.54, 1.807) is 0 Å². The average molecular weight is 302 g/mol. The number of aromatic nitrogens is 2. The van der Waals surface area contributed by atoms with Crippen LogP contribution in [-0.2, 0) is 5.88 Å². The Morgan fingerprint density at radius 2 is 2.21 bits per heavy atom. The van der Waals surface area contributed by atoms with E-state index in [0.29, 0.717) is 18.3 Å². The topological polar surface area (TPSA) is 71.2 Å². The molecule has 0 aliphatic heterocycles. The highest BCUT2D eigenvalue weighted by Gasteiger charge is 2.08. The number of alkyl halides is 2. The molecule has 7 heteroatoms. The lowest BCUT2D eigenvalue weighted by atomic mass is 10.2. The van der Waals surface area contributed by atoms with Gasteiger partial charge in [0.2, 0.25) is 11.7 Å². The summed E-state index contributed by atoms with van der Waals surface area (Å²) in [4.78, 5) is 4.14. The van der Waals surface area contributed by atoms with E-state index in [1.807, 2.05) is 24.3 Å². The SMILES string of the molecule is OC(CCl)CNc1cccc(-c2noc(CCl)n2)c1. The van der Waals surface area contributed by atoms with Gasteiger partial charge in [0.25, 0.3) is 0 Å². The van der Waals surface area contributed by atoms with Crippen LogP contribution >= 0.6 is 23.2 Å². The summed E-state index contributed by atoms with van der Waals surface area (Å²) in [6, 6.07) is 7.48. The number of rotatable bonds is 6. The van der Waals surface area contributed by atoms with Gasteiger partial charge in [0.15, 0.2) is 0 Å². The van der Waals surface area contributed by atoms with E-state index in [9.17, 15) is 5.11 Å². The van der Waals surface area contributed by atoms with Crippen molar-refractivity contribution in [2.24, 2.45) is 0 Å². The zero-order valence-corrected chi connectivity index (χ0v) is 11.5. The normalized spacial score (nSPS) is 12.4. The fourth-order valence-electron chi connectivity index (χ4n) is 1.48. The van der Waals surface area contributed by atoms with Crippen molar-refractivity contribution in [3.05, 3.63) is 30.2 Å². The Bertz CT molecular complexity index is 533. The van der Waals surface area contributed by atoms with Gasteiger partial charge in [-0.3, -0.25) is 0 Å². The van der Waals surface area contributed by atoms with E-state index >= 15 is 0 Å². The molecule has 1 aromatic heterocycles. The molecule has 2 aromatic rings. The Morgan fingerprint density at radius 1 is 1.37 bits per heavy atom. The third-order valence-electron chi connectivity index (χ3n) is 2.42. The molecular weight excluding hydrogens is 289 g/mol. The van der Waals surface area contributed by atoms with Crippen LogP contribution in [0.4, 0.5) is 5.69 Å². The number of benzene rings is 1. The van der Waals surface area contributed by atoms with Gasteiger partial charge in [-0.05, 0) is 12.1 Å². The molecule has 0 radical (unpaired) electrons. The fourth-order valence-corrected chi connectivity index (χ4v) is 1.70. The molecule has 2 rings (SSSR count). The summed E-state index contributed by atoms with van der Waals surface area (Å²) in [5.41, 5.74) is 1.66. The molecule has 0 aliphatic carbocycles. The molecule has 0 fully saturated rings. The van der Waals surface area contributed by atoms with Crippen molar-refractivity contribution in [3.63, 3.8) is 0 Å².